The van der Waals surface area contributed by atoms with E-state index in [1.165, 1.54) is 6.21 Å². The molecule has 0 radical (unpaired) electrons. The van der Waals surface area contributed by atoms with E-state index in [1.54, 1.807) is 32.9 Å². The largest absolute Gasteiger partial charge is 0.462 e. The number of ether oxygens (including phenoxy) is 1. The van der Waals surface area contributed by atoms with Crippen LogP contribution in [0.15, 0.2) is 29.4 Å². The van der Waals surface area contributed by atoms with E-state index in [0.29, 0.717) is 28.2 Å². The lowest BCUT2D eigenvalue weighted by Crippen LogP contribution is -2.32. The Hall–Kier alpha value is -3.42. The molecular weight excluding hydrogens is 348 g/mol. The van der Waals surface area contributed by atoms with Crippen molar-refractivity contribution in [2.45, 2.75) is 27.7 Å². The summed E-state index contributed by atoms with van der Waals surface area (Å²) in [5.74, 6) is -2.16. The molecule has 27 heavy (non-hydrogen) atoms. The molecule has 0 unspecified atom stereocenters. The van der Waals surface area contributed by atoms with Gasteiger partial charge < -0.3 is 15.0 Å². The average Bonchev–Trinajstić information content (AvgIpc) is 2.90. The zero-order valence-corrected chi connectivity index (χ0v) is 15.7. The minimum atomic E-state index is -0.904. The predicted molar refractivity (Wildman–Crippen MR) is 102 cm³/mol. The summed E-state index contributed by atoms with van der Waals surface area (Å²) in [6, 6.07) is 7.05. The summed E-state index contributed by atoms with van der Waals surface area (Å²) in [5, 5.41) is 6.25. The number of nitrogens with zero attached hydrogens (tertiary/aromatic N) is 1. The van der Waals surface area contributed by atoms with E-state index in [0.717, 1.165) is 5.56 Å². The minimum Gasteiger partial charge on any atom is -0.462 e. The lowest BCUT2D eigenvalue weighted by molar-refractivity contribution is -0.136. The molecule has 0 atom stereocenters. The molecule has 0 saturated carbocycles. The number of hydrogen-bond acceptors (Lipinski definition) is 5. The van der Waals surface area contributed by atoms with Crippen molar-refractivity contribution >= 4 is 29.7 Å². The Morgan fingerprint density at radius 3 is 2.41 bits per heavy atom. The Kier molecular flexibility index (Phi) is 6.48. The van der Waals surface area contributed by atoms with E-state index < -0.39 is 17.8 Å². The second-order valence-electron chi connectivity index (χ2n) is 5.90. The van der Waals surface area contributed by atoms with E-state index in [4.69, 9.17) is 4.74 Å². The van der Waals surface area contributed by atoms with Crippen molar-refractivity contribution in [3.05, 3.63) is 52.3 Å². The predicted octanol–water partition coefficient (Wildman–Crippen LogP) is 2.21. The molecule has 2 aromatic rings. The topological polar surface area (TPSA) is 113 Å². The molecule has 0 aliphatic heterocycles. The molecule has 8 heteroatoms. The van der Waals surface area contributed by atoms with Gasteiger partial charge in [-0.05, 0) is 45.4 Å². The van der Waals surface area contributed by atoms with Gasteiger partial charge in [0.05, 0.1) is 24.1 Å². The highest BCUT2D eigenvalue weighted by Crippen LogP contribution is 2.17. The maximum Gasteiger partial charge on any atom is 0.340 e. The van der Waals surface area contributed by atoms with Gasteiger partial charge in [0.1, 0.15) is 0 Å². The van der Waals surface area contributed by atoms with Crippen LogP contribution in [0.25, 0.3) is 0 Å². The van der Waals surface area contributed by atoms with E-state index in [2.05, 4.69) is 20.8 Å². The summed E-state index contributed by atoms with van der Waals surface area (Å²) < 4.78 is 5.01. The van der Waals surface area contributed by atoms with Gasteiger partial charge in [-0.1, -0.05) is 17.7 Å². The third-order valence-corrected chi connectivity index (χ3v) is 3.83. The van der Waals surface area contributed by atoms with Crippen LogP contribution in [-0.4, -0.2) is 35.6 Å². The van der Waals surface area contributed by atoms with Crippen LogP contribution < -0.4 is 10.7 Å². The molecule has 2 rings (SSSR count). The second kappa shape index (κ2) is 8.79. The number of H-pyrrole nitrogens is 1. The zero-order valence-electron chi connectivity index (χ0n) is 15.7. The summed E-state index contributed by atoms with van der Waals surface area (Å²) >= 11 is 0. The fourth-order valence-corrected chi connectivity index (χ4v) is 2.44. The molecule has 0 aliphatic carbocycles. The van der Waals surface area contributed by atoms with Crippen LogP contribution in [0.1, 0.15) is 39.8 Å². The molecule has 8 nitrogen and oxygen atoms in total. The Morgan fingerprint density at radius 2 is 1.78 bits per heavy atom. The maximum absolute atomic E-state index is 12.0. The zero-order chi connectivity index (χ0) is 20.0. The number of esters is 1. The molecule has 0 aliphatic rings. The van der Waals surface area contributed by atoms with Crippen LogP contribution in [0.5, 0.6) is 0 Å². The highest BCUT2D eigenvalue weighted by molar-refractivity contribution is 6.39. The summed E-state index contributed by atoms with van der Waals surface area (Å²) in [5.41, 5.74) is 5.96. The number of rotatable bonds is 5. The van der Waals surface area contributed by atoms with Crippen molar-refractivity contribution < 1.29 is 19.1 Å². The van der Waals surface area contributed by atoms with Crippen LogP contribution in [-0.2, 0) is 14.3 Å². The van der Waals surface area contributed by atoms with Gasteiger partial charge in [0, 0.05) is 11.4 Å². The van der Waals surface area contributed by atoms with E-state index in [-0.39, 0.29) is 6.61 Å². The highest BCUT2D eigenvalue weighted by atomic mass is 16.5. The third kappa shape index (κ3) is 5.04. The summed E-state index contributed by atoms with van der Waals surface area (Å²) in [4.78, 5) is 38.6. The first kappa shape index (κ1) is 19.9. The van der Waals surface area contributed by atoms with E-state index in [9.17, 15) is 14.4 Å². The smallest absolute Gasteiger partial charge is 0.340 e. The minimum absolute atomic E-state index is 0.276. The number of anilines is 1. The van der Waals surface area contributed by atoms with Gasteiger partial charge in [0.15, 0.2) is 0 Å². The Morgan fingerprint density at radius 1 is 1.11 bits per heavy atom. The summed E-state index contributed by atoms with van der Waals surface area (Å²) in [7, 11) is 0. The molecule has 0 saturated heterocycles. The first-order chi connectivity index (χ1) is 12.8. The highest BCUT2D eigenvalue weighted by Gasteiger charge is 2.18. The first-order valence-electron chi connectivity index (χ1n) is 8.40. The van der Waals surface area contributed by atoms with Crippen LogP contribution in [0.3, 0.4) is 0 Å². The van der Waals surface area contributed by atoms with Crippen molar-refractivity contribution in [1.29, 1.82) is 0 Å². The number of benzene rings is 1. The number of aromatic amines is 1. The van der Waals surface area contributed by atoms with Crippen molar-refractivity contribution in [2.75, 3.05) is 11.9 Å². The maximum atomic E-state index is 12.0. The van der Waals surface area contributed by atoms with Gasteiger partial charge in [0.25, 0.3) is 0 Å². The van der Waals surface area contributed by atoms with Crippen LogP contribution in [0.2, 0.25) is 0 Å². The Labute approximate surface area is 157 Å². The molecule has 0 bridgehead atoms. The van der Waals surface area contributed by atoms with Gasteiger partial charge in [0.2, 0.25) is 0 Å². The number of hydrogen-bond donors (Lipinski definition) is 3. The van der Waals surface area contributed by atoms with Gasteiger partial charge >= 0.3 is 17.8 Å². The lowest BCUT2D eigenvalue weighted by Gasteiger charge is -2.04. The lowest BCUT2D eigenvalue weighted by atomic mass is 10.1. The van der Waals surface area contributed by atoms with Gasteiger partial charge in [-0.25, -0.2) is 10.2 Å². The fourth-order valence-electron chi connectivity index (χ4n) is 2.44. The van der Waals surface area contributed by atoms with E-state index in [1.807, 2.05) is 19.1 Å². The Bertz CT molecular complexity index is 882. The molecular formula is C19H22N4O4. The number of carbonyl (C=O) groups is 3. The molecule has 1 aromatic carbocycles. The van der Waals surface area contributed by atoms with Gasteiger partial charge in [-0.15, -0.1) is 0 Å². The third-order valence-electron chi connectivity index (χ3n) is 3.83. The number of aryl methyl sites for hydroxylation is 2. The van der Waals surface area contributed by atoms with Crippen LogP contribution >= 0.6 is 0 Å². The number of hydrazone groups is 1. The SMILES string of the molecule is CCOC(=O)c1c(C)[nH]c(/C=N/NC(=O)C(=O)Nc2ccc(C)cc2)c1C. The van der Waals surface area contributed by atoms with Gasteiger partial charge in [-0.3, -0.25) is 9.59 Å². The summed E-state index contributed by atoms with van der Waals surface area (Å²) in [6.45, 7) is 7.41. The monoisotopic (exact) mass is 370 g/mol. The molecule has 142 valence electrons. The van der Waals surface area contributed by atoms with Crippen molar-refractivity contribution in [3.8, 4) is 0 Å². The van der Waals surface area contributed by atoms with Crippen molar-refractivity contribution in [3.63, 3.8) is 0 Å². The van der Waals surface area contributed by atoms with Crippen molar-refractivity contribution in [1.82, 2.24) is 10.4 Å². The molecule has 0 fully saturated rings. The fraction of sp³-hybridized carbons (Fsp3) is 0.263. The average molecular weight is 370 g/mol. The number of carbonyl (C=O) groups excluding carboxylic acids is 3. The van der Waals surface area contributed by atoms with Crippen molar-refractivity contribution in [2.24, 2.45) is 5.10 Å². The normalized spacial score (nSPS) is 10.7. The quantitative estimate of drug-likeness (QED) is 0.324. The first-order valence-corrected chi connectivity index (χ1v) is 8.40. The van der Waals surface area contributed by atoms with Crippen LogP contribution in [0, 0.1) is 20.8 Å². The Balaban J connectivity index is 1.99. The van der Waals surface area contributed by atoms with Gasteiger partial charge in [-0.2, -0.15) is 5.10 Å². The van der Waals surface area contributed by atoms with Crippen LogP contribution in [0.4, 0.5) is 5.69 Å². The molecule has 2 amide bonds. The molecule has 1 aromatic heterocycles. The number of nitrogens with one attached hydrogen (secondary N) is 3. The molecule has 3 N–H and O–H groups in total. The number of amides is 2. The number of aromatic nitrogens is 1. The molecule has 1 heterocycles. The molecule has 0 spiro atoms. The summed E-state index contributed by atoms with van der Waals surface area (Å²) in [6.07, 6.45) is 1.34. The standard InChI is InChI=1S/C19H22N4O4/c1-5-27-19(26)16-12(3)15(21-13(16)4)10-20-23-18(25)17(24)22-14-8-6-11(2)7-9-14/h6-10,21H,5H2,1-4H3,(H,22,24)(H,23,25)/b20-10+. The second-order valence-corrected chi connectivity index (χ2v) is 5.90. The van der Waals surface area contributed by atoms with E-state index >= 15 is 0 Å².